The molecule has 0 unspecified atom stereocenters. The fourth-order valence-electron chi connectivity index (χ4n) is 2.35. The van der Waals surface area contributed by atoms with Gasteiger partial charge in [0.05, 0.1) is 26.4 Å². The van der Waals surface area contributed by atoms with Gasteiger partial charge in [-0.1, -0.05) is 11.6 Å². The van der Waals surface area contributed by atoms with E-state index in [2.05, 4.69) is 31.9 Å². The number of sulfonamides is 1. The third-order valence-electron chi connectivity index (χ3n) is 3.70. The fraction of sp³-hybridized carbons (Fsp3) is 0.0556. The Labute approximate surface area is 188 Å². The fourth-order valence-corrected chi connectivity index (χ4v) is 5.90. The van der Waals surface area contributed by atoms with Crippen molar-refractivity contribution < 1.29 is 17.9 Å². The predicted octanol–water partition coefficient (Wildman–Crippen LogP) is 5.97. The number of ether oxygens (including phenoxy) is 1. The van der Waals surface area contributed by atoms with Crippen molar-refractivity contribution >= 4 is 76.4 Å². The molecule has 0 spiro atoms. The van der Waals surface area contributed by atoms with Crippen molar-refractivity contribution in [3.8, 4) is 5.75 Å². The number of methoxy groups -OCH3 is 1. The summed E-state index contributed by atoms with van der Waals surface area (Å²) in [6.07, 6.45) is 0. The molecule has 3 rings (SSSR count). The molecule has 10 heteroatoms. The van der Waals surface area contributed by atoms with Crippen molar-refractivity contribution in [2.24, 2.45) is 0 Å². The molecule has 0 bridgehead atoms. The lowest BCUT2D eigenvalue weighted by Gasteiger charge is -2.22. The van der Waals surface area contributed by atoms with E-state index in [4.69, 9.17) is 16.3 Å². The summed E-state index contributed by atoms with van der Waals surface area (Å²) in [7, 11) is -2.68. The van der Waals surface area contributed by atoms with Gasteiger partial charge in [-0.05, 0) is 86.5 Å². The first kappa shape index (κ1) is 21.3. The number of thiophene rings is 1. The minimum atomic E-state index is -4.18. The number of carbonyl (C=O) groups excluding carboxylic acids is 1. The average Bonchev–Trinajstić information content (AvgIpc) is 3.01. The topological polar surface area (TPSA) is 63.7 Å². The van der Waals surface area contributed by atoms with Crippen molar-refractivity contribution in [1.29, 1.82) is 0 Å². The molecule has 0 N–H and O–H groups in total. The number of hydrogen-bond donors (Lipinski definition) is 0. The standard InChI is InChI=1S/C18H12Br2ClNO4S2/c1-26-13-6-4-12(5-7-13)22(18(23)16-10-15(19)17(20)27-16)28(24,25)14-8-2-11(21)3-9-14/h2-10H,1H3. The summed E-state index contributed by atoms with van der Waals surface area (Å²) in [5.41, 5.74) is 0.196. The normalized spacial score (nSPS) is 11.3. The highest BCUT2D eigenvalue weighted by Crippen LogP contribution is 2.35. The second-order valence-corrected chi connectivity index (χ2v) is 10.9. The number of hydrogen-bond acceptors (Lipinski definition) is 5. The average molecular weight is 566 g/mol. The van der Waals surface area contributed by atoms with Gasteiger partial charge in [-0.15, -0.1) is 11.3 Å². The van der Waals surface area contributed by atoms with Crippen LogP contribution in [0.1, 0.15) is 9.67 Å². The number of halogens is 3. The highest BCUT2D eigenvalue weighted by Gasteiger charge is 2.33. The lowest BCUT2D eigenvalue weighted by molar-refractivity contribution is 0.101. The van der Waals surface area contributed by atoms with Crippen LogP contribution in [-0.2, 0) is 10.0 Å². The molecule has 0 radical (unpaired) electrons. The summed E-state index contributed by atoms with van der Waals surface area (Å²) in [6.45, 7) is 0. The minimum absolute atomic E-state index is 0.0456. The van der Waals surface area contributed by atoms with Crippen molar-refractivity contribution in [1.82, 2.24) is 0 Å². The number of nitrogens with zero attached hydrogens (tertiary/aromatic N) is 1. The van der Waals surface area contributed by atoms with Gasteiger partial charge in [0.1, 0.15) is 5.75 Å². The number of amides is 1. The molecule has 0 saturated heterocycles. The zero-order chi connectivity index (χ0) is 20.5. The van der Waals surface area contributed by atoms with Crippen LogP contribution in [0.4, 0.5) is 5.69 Å². The lowest BCUT2D eigenvalue weighted by Crippen LogP contribution is -2.36. The summed E-state index contributed by atoms with van der Waals surface area (Å²) >= 11 is 13.7. The van der Waals surface area contributed by atoms with Gasteiger partial charge < -0.3 is 4.74 Å². The zero-order valence-electron chi connectivity index (χ0n) is 14.2. The maximum atomic E-state index is 13.3. The van der Waals surface area contributed by atoms with Gasteiger partial charge in [-0.3, -0.25) is 4.79 Å². The summed E-state index contributed by atoms with van der Waals surface area (Å²) in [5, 5.41) is 0.396. The first-order valence-electron chi connectivity index (χ1n) is 7.68. The summed E-state index contributed by atoms with van der Waals surface area (Å²) in [6, 6.07) is 13.4. The van der Waals surface area contributed by atoms with E-state index >= 15 is 0 Å². The van der Waals surface area contributed by atoms with Gasteiger partial charge in [0.25, 0.3) is 15.9 Å². The molecule has 28 heavy (non-hydrogen) atoms. The van der Waals surface area contributed by atoms with E-state index in [0.717, 1.165) is 15.6 Å². The molecular formula is C18H12Br2ClNO4S2. The molecular weight excluding hydrogens is 554 g/mol. The molecule has 146 valence electrons. The van der Waals surface area contributed by atoms with Gasteiger partial charge >= 0.3 is 0 Å². The summed E-state index contributed by atoms with van der Waals surface area (Å²) < 4.78 is 33.9. The van der Waals surface area contributed by atoms with Crippen LogP contribution in [0.15, 0.2) is 67.8 Å². The minimum Gasteiger partial charge on any atom is -0.497 e. The van der Waals surface area contributed by atoms with E-state index in [1.807, 2.05) is 0 Å². The highest BCUT2D eigenvalue weighted by molar-refractivity contribution is 9.13. The molecule has 1 heterocycles. The van der Waals surface area contributed by atoms with Gasteiger partial charge in [0.15, 0.2) is 0 Å². The Hall–Kier alpha value is -1.39. The Balaban J connectivity index is 2.15. The smallest absolute Gasteiger partial charge is 0.282 e. The Bertz CT molecular complexity index is 1090. The van der Waals surface area contributed by atoms with E-state index in [0.29, 0.717) is 19.0 Å². The largest absolute Gasteiger partial charge is 0.497 e. The predicted molar refractivity (Wildman–Crippen MR) is 118 cm³/mol. The van der Waals surface area contributed by atoms with E-state index in [1.54, 1.807) is 18.2 Å². The Morgan fingerprint density at radius 1 is 1.07 bits per heavy atom. The van der Waals surface area contributed by atoms with Crippen molar-refractivity contribution in [3.05, 3.63) is 72.8 Å². The molecule has 1 amide bonds. The van der Waals surface area contributed by atoms with E-state index in [9.17, 15) is 13.2 Å². The molecule has 2 aromatic carbocycles. The Kier molecular flexibility index (Phi) is 6.51. The monoisotopic (exact) mass is 563 g/mol. The summed E-state index contributed by atoms with van der Waals surface area (Å²) in [4.78, 5) is 13.4. The number of benzene rings is 2. The molecule has 0 aliphatic carbocycles. The molecule has 3 aromatic rings. The number of anilines is 1. The second-order valence-electron chi connectivity index (χ2n) is 5.46. The second kappa shape index (κ2) is 8.54. The van der Waals surface area contributed by atoms with Crippen LogP contribution < -0.4 is 9.04 Å². The molecule has 0 saturated carbocycles. The van der Waals surface area contributed by atoms with Crippen LogP contribution >= 0.6 is 54.8 Å². The van der Waals surface area contributed by atoms with Crippen LogP contribution in [0.5, 0.6) is 5.75 Å². The van der Waals surface area contributed by atoms with Crippen LogP contribution in [-0.4, -0.2) is 21.4 Å². The SMILES string of the molecule is COc1ccc(N(C(=O)c2cc(Br)c(Br)s2)S(=O)(=O)c2ccc(Cl)cc2)cc1. The number of rotatable bonds is 5. The molecule has 0 aliphatic rings. The maximum Gasteiger partial charge on any atom is 0.282 e. The first-order chi connectivity index (χ1) is 13.2. The molecule has 0 aliphatic heterocycles. The van der Waals surface area contributed by atoms with Crippen molar-refractivity contribution in [2.45, 2.75) is 4.90 Å². The van der Waals surface area contributed by atoms with Crippen molar-refractivity contribution in [3.63, 3.8) is 0 Å². The van der Waals surface area contributed by atoms with E-state index < -0.39 is 15.9 Å². The lowest BCUT2D eigenvalue weighted by atomic mass is 10.3. The summed E-state index contributed by atoms with van der Waals surface area (Å²) in [5.74, 6) is -0.127. The molecule has 5 nitrogen and oxygen atoms in total. The van der Waals surface area contributed by atoms with Gasteiger partial charge in [-0.25, -0.2) is 8.42 Å². The van der Waals surface area contributed by atoms with Crippen molar-refractivity contribution in [2.75, 3.05) is 11.4 Å². The first-order valence-corrected chi connectivity index (χ1v) is 11.9. The van der Waals surface area contributed by atoms with Crippen LogP contribution in [0.2, 0.25) is 5.02 Å². The number of carbonyl (C=O) groups is 1. The Morgan fingerprint density at radius 3 is 2.18 bits per heavy atom. The zero-order valence-corrected chi connectivity index (χ0v) is 19.8. The highest BCUT2D eigenvalue weighted by atomic mass is 79.9. The molecule has 0 atom stereocenters. The van der Waals surface area contributed by atoms with Crippen LogP contribution in [0.3, 0.4) is 0 Å². The van der Waals surface area contributed by atoms with Crippen LogP contribution in [0, 0.1) is 0 Å². The third-order valence-corrected chi connectivity index (χ3v) is 8.92. The van der Waals surface area contributed by atoms with Crippen LogP contribution in [0.25, 0.3) is 0 Å². The Morgan fingerprint density at radius 2 is 1.68 bits per heavy atom. The van der Waals surface area contributed by atoms with Gasteiger partial charge in [0, 0.05) is 9.50 Å². The van der Waals surface area contributed by atoms with Gasteiger partial charge in [-0.2, -0.15) is 4.31 Å². The van der Waals surface area contributed by atoms with Gasteiger partial charge in [0.2, 0.25) is 0 Å². The quantitative estimate of drug-likeness (QED) is 0.382. The molecule has 1 aromatic heterocycles. The van der Waals surface area contributed by atoms with E-state index in [1.165, 1.54) is 43.5 Å². The molecule has 0 fully saturated rings. The third kappa shape index (κ3) is 4.28. The maximum absolute atomic E-state index is 13.3. The van der Waals surface area contributed by atoms with E-state index in [-0.39, 0.29) is 15.5 Å².